The number of hydrogen-bond acceptors (Lipinski definition) is 4. The number of carbonyl (C=O) groups is 1. The van der Waals surface area contributed by atoms with Gasteiger partial charge >= 0.3 is 0 Å². The minimum Gasteiger partial charge on any atom is -0.495 e. The molecule has 0 spiro atoms. The molecule has 0 saturated heterocycles. The molecule has 0 unspecified atom stereocenters. The van der Waals surface area contributed by atoms with E-state index in [4.69, 9.17) is 16.2 Å². The molecule has 1 rings (SSSR count). The van der Waals surface area contributed by atoms with Crippen LogP contribution in [0.4, 0.5) is 5.69 Å². The Kier molecular flexibility index (Phi) is 3.98. The van der Waals surface area contributed by atoms with E-state index < -0.39 is 0 Å². The number of carbonyl (C=O) groups excluding carboxylic acids is 1. The number of anilines is 1. The molecule has 1 aromatic carbocycles. The minimum absolute atomic E-state index is 0.201. The minimum atomic E-state index is -0.201. The Morgan fingerprint density at radius 3 is 2.59 bits per heavy atom. The molecule has 5 N–H and O–H groups in total. The van der Waals surface area contributed by atoms with Gasteiger partial charge in [0.15, 0.2) is 0 Å². The van der Waals surface area contributed by atoms with Crippen molar-refractivity contribution in [3.8, 4) is 5.75 Å². The number of amides is 1. The molecule has 17 heavy (non-hydrogen) atoms. The first-order chi connectivity index (χ1) is 7.99. The van der Waals surface area contributed by atoms with Crippen molar-refractivity contribution >= 4 is 17.7 Å². The first kappa shape index (κ1) is 12.9. The highest BCUT2D eigenvalue weighted by Crippen LogP contribution is 2.28. The third-order valence-corrected chi connectivity index (χ3v) is 2.27. The average Bonchev–Trinajstić information content (AvgIpc) is 2.30. The number of methoxy groups -OCH3 is 1. The lowest BCUT2D eigenvalue weighted by Gasteiger charge is -2.10. The molecule has 1 amide bonds. The van der Waals surface area contributed by atoms with Crippen molar-refractivity contribution in [1.82, 2.24) is 5.32 Å². The van der Waals surface area contributed by atoms with E-state index in [-0.39, 0.29) is 5.91 Å². The van der Waals surface area contributed by atoms with Gasteiger partial charge in [-0.2, -0.15) is 0 Å². The summed E-state index contributed by atoms with van der Waals surface area (Å²) in [4.78, 5) is 11.6. The van der Waals surface area contributed by atoms with Crippen molar-refractivity contribution in [2.75, 3.05) is 19.9 Å². The summed E-state index contributed by atoms with van der Waals surface area (Å²) < 4.78 is 5.13. The van der Waals surface area contributed by atoms with Crippen LogP contribution in [0.25, 0.3) is 6.08 Å². The summed E-state index contributed by atoms with van der Waals surface area (Å²) in [6, 6.07) is 3.27. The maximum Gasteiger partial charge on any atom is 0.251 e. The van der Waals surface area contributed by atoms with Crippen LogP contribution in [0.3, 0.4) is 0 Å². The second kappa shape index (κ2) is 5.25. The fraction of sp³-hybridized carbons (Fsp3) is 0.250. The van der Waals surface area contributed by atoms with Gasteiger partial charge in [-0.25, -0.2) is 0 Å². The molecule has 5 nitrogen and oxygen atoms in total. The Hall–Kier alpha value is -2.17. The molecule has 92 valence electrons. The number of nitrogens with one attached hydrogen (secondary N) is 1. The second-order valence-corrected chi connectivity index (χ2v) is 3.65. The molecule has 5 heteroatoms. The van der Waals surface area contributed by atoms with Gasteiger partial charge in [0, 0.05) is 23.9 Å². The Labute approximate surface area is 100 Å². The normalized spacial score (nSPS) is 11.1. The molecule has 0 atom stereocenters. The van der Waals surface area contributed by atoms with Gasteiger partial charge in [-0.15, -0.1) is 0 Å². The topological polar surface area (TPSA) is 90.4 Å². The zero-order valence-corrected chi connectivity index (χ0v) is 10.2. The van der Waals surface area contributed by atoms with Crippen molar-refractivity contribution in [2.45, 2.75) is 6.92 Å². The zero-order chi connectivity index (χ0) is 13.0. The van der Waals surface area contributed by atoms with Crippen LogP contribution in [0.2, 0.25) is 0 Å². The fourth-order valence-corrected chi connectivity index (χ4v) is 1.46. The zero-order valence-electron chi connectivity index (χ0n) is 10.2. The summed E-state index contributed by atoms with van der Waals surface area (Å²) in [7, 11) is 3.07. The molecule has 0 saturated carbocycles. The van der Waals surface area contributed by atoms with E-state index in [9.17, 15) is 4.79 Å². The predicted octanol–water partition coefficient (Wildman–Crippen LogP) is 0.956. The maximum atomic E-state index is 11.6. The predicted molar refractivity (Wildman–Crippen MR) is 68.6 cm³/mol. The van der Waals surface area contributed by atoms with E-state index in [0.29, 0.717) is 28.3 Å². The first-order valence-electron chi connectivity index (χ1n) is 5.13. The number of ether oxygens (including phenoxy) is 1. The third kappa shape index (κ3) is 2.90. The van der Waals surface area contributed by atoms with Gasteiger partial charge in [-0.05, 0) is 25.1 Å². The summed E-state index contributed by atoms with van der Waals surface area (Å²) >= 11 is 0. The molecule has 0 aliphatic rings. The Morgan fingerprint density at radius 2 is 2.12 bits per heavy atom. The monoisotopic (exact) mass is 235 g/mol. The Bertz CT molecular complexity index is 463. The summed E-state index contributed by atoms with van der Waals surface area (Å²) in [6.07, 6.45) is 1.70. The van der Waals surface area contributed by atoms with Crippen LogP contribution in [-0.2, 0) is 0 Å². The molecular formula is C12H17N3O2. The number of benzene rings is 1. The van der Waals surface area contributed by atoms with E-state index in [2.05, 4.69) is 5.32 Å². The molecule has 0 heterocycles. The average molecular weight is 235 g/mol. The number of rotatable bonds is 3. The van der Waals surface area contributed by atoms with Crippen LogP contribution in [0, 0.1) is 0 Å². The Balaban J connectivity index is 3.38. The van der Waals surface area contributed by atoms with Crippen molar-refractivity contribution in [1.29, 1.82) is 0 Å². The summed E-state index contributed by atoms with van der Waals surface area (Å²) in [5.74, 6) is 0.256. The molecule has 0 aliphatic carbocycles. The van der Waals surface area contributed by atoms with Crippen molar-refractivity contribution in [3.05, 3.63) is 29.0 Å². The van der Waals surface area contributed by atoms with Crippen molar-refractivity contribution in [2.24, 2.45) is 5.73 Å². The van der Waals surface area contributed by atoms with Crippen molar-refractivity contribution in [3.63, 3.8) is 0 Å². The Morgan fingerprint density at radius 1 is 1.47 bits per heavy atom. The third-order valence-electron chi connectivity index (χ3n) is 2.27. The lowest BCUT2D eigenvalue weighted by molar-refractivity contribution is 0.0963. The van der Waals surface area contributed by atoms with Crippen LogP contribution in [0.15, 0.2) is 17.8 Å². The van der Waals surface area contributed by atoms with Gasteiger partial charge < -0.3 is 21.5 Å². The fourth-order valence-electron chi connectivity index (χ4n) is 1.46. The van der Waals surface area contributed by atoms with Crippen LogP contribution < -0.4 is 21.5 Å². The quantitative estimate of drug-likeness (QED) is 0.680. The largest absolute Gasteiger partial charge is 0.495 e. The summed E-state index contributed by atoms with van der Waals surface area (Å²) in [6.45, 7) is 1.75. The second-order valence-electron chi connectivity index (χ2n) is 3.65. The van der Waals surface area contributed by atoms with Gasteiger partial charge in [0.05, 0.1) is 12.8 Å². The highest BCUT2D eigenvalue weighted by Gasteiger charge is 2.11. The molecule has 0 bridgehead atoms. The number of hydrogen-bond donors (Lipinski definition) is 3. The SMILES string of the molecule is CNC(=O)c1cc(/C=C(/C)N)c(N)c(OC)c1. The summed E-state index contributed by atoms with van der Waals surface area (Å²) in [5, 5.41) is 2.55. The van der Waals surface area contributed by atoms with E-state index in [0.717, 1.165) is 0 Å². The molecular weight excluding hydrogens is 218 g/mol. The van der Waals surface area contributed by atoms with Gasteiger partial charge in [0.25, 0.3) is 5.91 Å². The van der Waals surface area contributed by atoms with Gasteiger partial charge in [-0.3, -0.25) is 4.79 Å². The van der Waals surface area contributed by atoms with Crippen LogP contribution in [-0.4, -0.2) is 20.1 Å². The van der Waals surface area contributed by atoms with Crippen LogP contribution in [0.5, 0.6) is 5.75 Å². The van der Waals surface area contributed by atoms with E-state index in [1.165, 1.54) is 7.11 Å². The van der Waals surface area contributed by atoms with E-state index >= 15 is 0 Å². The van der Waals surface area contributed by atoms with Crippen LogP contribution in [0.1, 0.15) is 22.8 Å². The van der Waals surface area contributed by atoms with Gasteiger partial charge in [-0.1, -0.05) is 0 Å². The summed E-state index contributed by atoms with van der Waals surface area (Å²) in [5.41, 5.74) is 13.7. The molecule has 0 aliphatic heterocycles. The molecule has 0 radical (unpaired) electrons. The standard InChI is InChI=1S/C12H17N3O2/c1-7(13)4-8-5-9(12(16)15-2)6-10(17-3)11(8)14/h4-6H,13-14H2,1-3H3,(H,15,16)/b7-4-. The van der Waals surface area contributed by atoms with Gasteiger partial charge in [0.1, 0.15) is 5.75 Å². The number of nitrogen functional groups attached to an aromatic ring is 1. The molecule has 1 aromatic rings. The first-order valence-corrected chi connectivity index (χ1v) is 5.13. The maximum absolute atomic E-state index is 11.6. The van der Waals surface area contributed by atoms with Crippen molar-refractivity contribution < 1.29 is 9.53 Å². The number of nitrogens with two attached hydrogens (primary N) is 2. The molecule has 0 aromatic heterocycles. The van der Waals surface area contributed by atoms with Gasteiger partial charge in [0.2, 0.25) is 0 Å². The van der Waals surface area contributed by atoms with Crippen LogP contribution >= 0.6 is 0 Å². The van der Waals surface area contributed by atoms with E-state index in [1.807, 2.05) is 0 Å². The number of allylic oxidation sites excluding steroid dienone is 1. The highest BCUT2D eigenvalue weighted by atomic mass is 16.5. The van der Waals surface area contributed by atoms with E-state index in [1.54, 1.807) is 32.2 Å². The smallest absolute Gasteiger partial charge is 0.251 e. The lowest BCUT2D eigenvalue weighted by atomic mass is 10.1. The lowest BCUT2D eigenvalue weighted by Crippen LogP contribution is -2.18. The highest BCUT2D eigenvalue weighted by molar-refractivity contribution is 5.96. The molecule has 0 fully saturated rings.